The molecule has 1 aliphatic heterocycles. The molecule has 228 valence electrons. The second-order valence-electron chi connectivity index (χ2n) is 11.4. The highest BCUT2D eigenvalue weighted by Crippen LogP contribution is 2.30. The Hall–Kier alpha value is -4.05. The summed E-state index contributed by atoms with van der Waals surface area (Å²) in [5.41, 5.74) is 4.11. The smallest absolute Gasteiger partial charge is 0.326 e. The molecule has 3 aromatic rings. The van der Waals surface area contributed by atoms with Gasteiger partial charge in [-0.25, -0.2) is 9.97 Å². The summed E-state index contributed by atoms with van der Waals surface area (Å²) in [5, 5.41) is 3.75. The highest BCUT2D eigenvalue weighted by molar-refractivity contribution is 5.92. The number of nitrogens with zero attached hydrogens (tertiary/aromatic N) is 5. The quantitative estimate of drug-likeness (QED) is 0.363. The summed E-state index contributed by atoms with van der Waals surface area (Å²) in [6, 6.07) is 14.3. The molecule has 4 rings (SSSR count). The van der Waals surface area contributed by atoms with Gasteiger partial charge in [0.15, 0.2) is 11.9 Å². The first-order valence-corrected chi connectivity index (χ1v) is 14.5. The number of carbonyl (C=O) groups is 3. The van der Waals surface area contributed by atoms with Crippen molar-refractivity contribution >= 4 is 34.5 Å². The lowest BCUT2D eigenvalue weighted by Gasteiger charge is -2.37. The number of ether oxygens (including phenoxy) is 1. The van der Waals surface area contributed by atoms with Gasteiger partial charge in [-0.15, -0.1) is 0 Å². The van der Waals surface area contributed by atoms with Crippen LogP contribution < -0.4 is 10.2 Å². The molecule has 1 saturated heterocycles. The Labute approximate surface area is 251 Å². The molecule has 1 N–H and O–H groups in total. The minimum Gasteiger partial charge on any atom is -0.451 e. The van der Waals surface area contributed by atoms with Gasteiger partial charge in [-0.05, 0) is 56.5 Å². The fraction of sp³-hybridized carbons (Fsp3) is 0.469. The molecule has 1 atom stereocenters. The molecule has 0 unspecified atom stereocenters. The Morgan fingerprint density at radius 3 is 2.43 bits per heavy atom. The Morgan fingerprint density at radius 1 is 1.05 bits per heavy atom. The SMILES string of the molecule is CNCC(=O)N(C)CC(=O)O[C@@H](CC(C)C)C(=O)N1CCN(c2nc(-c3ccccc3C)nc3cc(C)ccc23)CC1.[HH].[HH]. The van der Waals surface area contributed by atoms with Gasteiger partial charge in [-0.1, -0.05) is 44.2 Å². The van der Waals surface area contributed by atoms with E-state index in [-0.39, 0.29) is 33.7 Å². The maximum absolute atomic E-state index is 13.6. The van der Waals surface area contributed by atoms with Gasteiger partial charge in [0.1, 0.15) is 12.4 Å². The minimum atomic E-state index is -0.896. The Morgan fingerprint density at radius 2 is 1.76 bits per heavy atom. The molecule has 1 aromatic heterocycles. The molecule has 10 heteroatoms. The molecule has 2 aromatic carbocycles. The van der Waals surface area contributed by atoms with Crippen molar-refractivity contribution in [1.82, 2.24) is 25.1 Å². The third-order valence-corrected chi connectivity index (χ3v) is 7.46. The summed E-state index contributed by atoms with van der Waals surface area (Å²) in [4.78, 5) is 53.5. The molecule has 0 spiro atoms. The van der Waals surface area contributed by atoms with Gasteiger partial charge in [0.25, 0.3) is 5.91 Å². The lowest BCUT2D eigenvalue weighted by Crippen LogP contribution is -2.53. The van der Waals surface area contributed by atoms with Crippen LogP contribution in [0.1, 0.15) is 34.2 Å². The molecule has 1 fully saturated rings. The number of hydrogen-bond acceptors (Lipinski definition) is 8. The number of hydrogen-bond donors (Lipinski definition) is 1. The third-order valence-electron chi connectivity index (χ3n) is 7.46. The number of aromatic nitrogens is 2. The van der Waals surface area contributed by atoms with Crippen LogP contribution in [0.3, 0.4) is 0 Å². The van der Waals surface area contributed by atoms with Crippen LogP contribution >= 0.6 is 0 Å². The Bertz CT molecular complexity index is 1450. The maximum atomic E-state index is 13.6. The van der Waals surface area contributed by atoms with Crippen molar-refractivity contribution in [3.8, 4) is 11.4 Å². The molecular weight excluding hydrogens is 532 g/mol. The molecule has 0 aliphatic carbocycles. The normalized spacial score (nSPS) is 14.3. The first kappa shape index (κ1) is 30.9. The predicted molar refractivity (Wildman–Crippen MR) is 168 cm³/mol. The van der Waals surface area contributed by atoms with Crippen LogP contribution in [0.5, 0.6) is 0 Å². The van der Waals surface area contributed by atoms with Gasteiger partial charge in [-0.2, -0.15) is 0 Å². The summed E-state index contributed by atoms with van der Waals surface area (Å²) in [6.07, 6.45) is -0.485. The minimum absolute atomic E-state index is 0. The van der Waals surface area contributed by atoms with Gasteiger partial charge < -0.3 is 24.8 Å². The van der Waals surface area contributed by atoms with Gasteiger partial charge in [0, 0.05) is 47.0 Å². The van der Waals surface area contributed by atoms with Crippen LogP contribution in [-0.2, 0) is 19.1 Å². The van der Waals surface area contributed by atoms with E-state index in [0.29, 0.717) is 38.4 Å². The van der Waals surface area contributed by atoms with E-state index in [9.17, 15) is 14.4 Å². The second kappa shape index (κ2) is 13.7. The van der Waals surface area contributed by atoms with Crippen LogP contribution in [0, 0.1) is 19.8 Å². The lowest BCUT2D eigenvalue weighted by molar-refractivity contribution is -0.163. The van der Waals surface area contributed by atoms with E-state index in [1.165, 1.54) is 4.90 Å². The van der Waals surface area contributed by atoms with E-state index in [0.717, 1.165) is 33.4 Å². The molecule has 42 heavy (non-hydrogen) atoms. The van der Waals surface area contributed by atoms with Crippen molar-refractivity contribution < 1.29 is 22.0 Å². The number of esters is 1. The topological polar surface area (TPSA) is 108 Å². The van der Waals surface area contributed by atoms with Crippen molar-refractivity contribution in [2.45, 2.75) is 40.2 Å². The molecule has 1 aliphatic rings. The first-order valence-electron chi connectivity index (χ1n) is 14.5. The van der Waals surface area contributed by atoms with Crippen LogP contribution in [0.4, 0.5) is 5.82 Å². The van der Waals surface area contributed by atoms with Gasteiger partial charge in [0.2, 0.25) is 5.91 Å². The number of likely N-dealkylation sites (N-methyl/N-ethyl adjacent to an activating group) is 2. The second-order valence-corrected chi connectivity index (χ2v) is 11.4. The highest BCUT2D eigenvalue weighted by Gasteiger charge is 2.32. The number of anilines is 1. The van der Waals surface area contributed by atoms with Gasteiger partial charge >= 0.3 is 5.97 Å². The standard InChI is InChI=1S/C32H42N6O4.2H2/c1-21(2)17-27(42-29(40)20-36(6)28(39)19-33-5)32(41)38-15-13-37(14-16-38)31-25-12-11-22(3)18-26(25)34-30(35-31)24-10-8-7-9-23(24)4;;/h7-12,18,21,27,33H,13-17,19-20H2,1-6H3;2*1H/t27-;;/m0../s1. The Kier molecular flexibility index (Phi) is 10.1. The van der Waals surface area contributed by atoms with Crippen LogP contribution in [0.25, 0.3) is 22.3 Å². The summed E-state index contributed by atoms with van der Waals surface area (Å²) >= 11 is 0. The molecule has 0 saturated carbocycles. The summed E-state index contributed by atoms with van der Waals surface area (Å²) in [5.74, 6) is 0.657. The number of carbonyl (C=O) groups excluding carboxylic acids is 3. The van der Waals surface area contributed by atoms with Crippen molar-refractivity contribution in [3.05, 3.63) is 53.6 Å². The third kappa shape index (κ3) is 7.42. The Balaban J connectivity index is 0.00000337. The van der Waals surface area contributed by atoms with Crippen LogP contribution in [-0.4, -0.2) is 97.0 Å². The number of benzene rings is 2. The predicted octanol–water partition coefficient (Wildman–Crippen LogP) is 3.69. The zero-order valence-electron chi connectivity index (χ0n) is 25.5. The summed E-state index contributed by atoms with van der Waals surface area (Å²) in [6.45, 7) is 10.1. The average molecular weight is 579 g/mol. The number of rotatable bonds is 10. The van der Waals surface area contributed by atoms with E-state index in [4.69, 9.17) is 14.7 Å². The fourth-order valence-electron chi connectivity index (χ4n) is 5.14. The van der Waals surface area contributed by atoms with Crippen LogP contribution in [0.15, 0.2) is 42.5 Å². The van der Waals surface area contributed by atoms with Crippen molar-refractivity contribution in [1.29, 1.82) is 0 Å². The van der Waals surface area contributed by atoms with E-state index in [1.54, 1.807) is 19.0 Å². The molecule has 2 heterocycles. The molecule has 0 bridgehead atoms. The number of aryl methyl sites for hydroxylation is 2. The lowest BCUT2D eigenvalue weighted by atomic mass is 10.0. The monoisotopic (exact) mass is 578 g/mol. The number of fused-ring (bicyclic) bond motifs is 1. The number of piperazine rings is 1. The number of nitrogens with one attached hydrogen (secondary N) is 1. The number of amides is 2. The zero-order valence-corrected chi connectivity index (χ0v) is 25.5. The largest absolute Gasteiger partial charge is 0.451 e. The van der Waals surface area contributed by atoms with E-state index in [1.807, 2.05) is 32.0 Å². The van der Waals surface area contributed by atoms with Crippen molar-refractivity contribution in [3.63, 3.8) is 0 Å². The average Bonchev–Trinajstić information content (AvgIpc) is 2.96. The fourth-order valence-corrected chi connectivity index (χ4v) is 5.14. The van der Waals surface area contributed by atoms with E-state index < -0.39 is 12.1 Å². The van der Waals surface area contributed by atoms with Crippen LogP contribution in [0.2, 0.25) is 0 Å². The zero-order chi connectivity index (χ0) is 30.4. The summed E-state index contributed by atoms with van der Waals surface area (Å²) in [7, 11) is 3.21. The van der Waals surface area contributed by atoms with Crippen molar-refractivity contribution in [2.75, 3.05) is 58.3 Å². The van der Waals surface area contributed by atoms with Gasteiger partial charge in [0.05, 0.1) is 12.1 Å². The first-order chi connectivity index (χ1) is 20.1. The maximum Gasteiger partial charge on any atom is 0.326 e. The van der Waals surface area contributed by atoms with E-state index in [2.05, 4.69) is 48.3 Å². The molecule has 10 nitrogen and oxygen atoms in total. The van der Waals surface area contributed by atoms with Crippen molar-refractivity contribution in [2.24, 2.45) is 5.92 Å². The molecule has 2 amide bonds. The molecule has 0 radical (unpaired) electrons. The van der Waals surface area contributed by atoms with Gasteiger partial charge in [-0.3, -0.25) is 14.4 Å². The summed E-state index contributed by atoms with van der Waals surface area (Å²) < 4.78 is 5.65. The highest BCUT2D eigenvalue weighted by atomic mass is 16.5. The molecular formula is C32H46N6O4. The van der Waals surface area contributed by atoms with E-state index >= 15 is 0 Å².